The third-order valence-corrected chi connectivity index (χ3v) is 6.48. The smallest absolute Gasteiger partial charge is 0.407 e. The van der Waals surface area contributed by atoms with E-state index in [9.17, 15) is 14.7 Å². The number of rotatable bonds is 11. The molecule has 0 bridgehead atoms. The van der Waals surface area contributed by atoms with Crippen LogP contribution in [-0.2, 0) is 9.53 Å². The number of nitrogens with zero attached hydrogens (tertiary/aromatic N) is 1. The highest BCUT2D eigenvalue weighted by atomic mass is 32.2. The van der Waals surface area contributed by atoms with Crippen LogP contribution in [-0.4, -0.2) is 66.9 Å². The molecule has 0 spiro atoms. The molecule has 7 heteroatoms. The minimum absolute atomic E-state index is 0.0475. The molecule has 0 saturated heterocycles. The number of carbonyl (C=O) groups is 2. The monoisotopic (exact) mass is 442 g/mol. The predicted molar refractivity (Wildman–Crippen MR) is 125 cm³/mol. The minimum Gasteiger partial charge on any atom is -0.480 e. The summed E-state index contributed by atoms with van der Waals surface area (Å²) in [7, 11) is 4.06. The largest absolute Gasteiger partial charge is 0.480 e. The van der Waals surface area contributed by atoms with Gasteiger partial charge in [0.25, 0.3) is 0 Å². The van der Waals surface area contributed by atoms with Crippen LogP contribution in [0.5, 0.6) is 0 Å². The van der Waals surface area contributed by atoms with Crippen LogP contribution < -0.4 is 5.32 Å². The molecule has 1 aliphatic rings. The number of alkyl carbamates (subject to hydrolysis) is 1. The highest BCUT2D eigenvalue weighted by Crippen LogP contribution is 2.44. The summed E-state index contributed by atoms with van der Waals surface area (Å²) in [4.78, 5) is 26.0. The van der Waals surface area contributed by atoms with Crippen molar-refractivity contribution in [3.63, 3.8) is 0 Å². The molecule has 2 aromatic carbocycles. The van der Waals surface area contributed by atoms with Gasteiger partial charge in [-0.1, -0.05) is 48.5 Å². The number of hydrogen-bond donors (Lipinski definition) is 2. The van der Waals surface area contributed by atoms with Gasteiger partial charge in [-0.2, -0.15) is 11.8 Å². The van der Waals surface area contributed by atoms with Gasteiger partial charge >= 0.3 is 12.1 Å². The first kappa shape index (κ1) is 23.2. The molecule has 3 rings (SSSR count). The topological polar surface area (TPSA) is 78.9 Å². The number of ether oxygens (including phenoxy) is 1. The number of thioether (sulfide) groups is 1. The van der Waals surface area contributed by atoms with Crippen molar-refractivity contribution in [2.24, 2.45) is 0 Å². The van der Waals surface area contributed by atoms with E-state index in [1.165, 1.54) is 0 Å². The second-order valence-corrected chi connectivity index (χ2v) is 9.14. The molecule has 2 aromatic rings. The Balaban J connectivity index is 1.50. The molecule has 1 unspecified atom stereocenters. The van der Waals surface area contributed by atoms with E-state index in [0.29, 0.717) is 12.2 Å². The van der Waals surface area contributed by atoms with E-state index in [0.717, 1.165) is 41.0 Å². The number of carboxylic acid groups (broad SMARTS) is 1. The number of nitrogens with one attached hydrogen (secondary N) is 1. The van der Waals surface area contributed by atoms with E-state index in [4.69, 9.17) is 4.74 Å². The SMILES string of the molecule is CN(C)CCCSCCC(NC(=O)OCC1c2ccccc2-c2ccccc21)C(=O)O. The molecular weight excluding hydrogens is 412 g/mol. The number of aliphatic carboxylic acids is 1. The molecule has 0 fully saturated rings. The molecule has 2 N–H and O–H groups in total. The van der Waals surface area contributed by atoms with E-state index >= 15 is 0 Å². The molecule has 0 aromatic heterocycles. The lowest BCUT2D eigenvalue weighted by molar-refractivity contribution is -0.139. The van der Waals surface area contributed by atoms with Crippen LogP contribution in [0.3, 0.4) is 0 Å². The maximum atomic E-state index is 12.3. The fourth-order valence-electron chi connectivity index (χ4n) is 3.83. The second-order valence-electron chi connectivity index (χ2n) is 7.92. The Hall–Kier alpha value is -2.51. The van der Waals surface area contributed by atoms with Crippen molar-refractivity contribution in [2.75, 3.05) is 38.8 Å². The Kier molecular flexibility index (Phi) is 8.37. The van der Waals surface area contributed by atoms with Crippen LogP contribution in [0.25, 0.3) is 11.1 Å². The number of hydrogen-bond acceptors (Lipinski definition) is 5. The van der Waals surface area contributed by atoms with Crippen LogP contribution in [0.4, 0.5) is 4.79 Å². The highest BCUT2D eigenvalue weighted by Gasteiger charge is 2.29. The molecular formula is C24H30N2O4S. The summed E-state index contributed by atoms with van der Waals surface area (Å²) in [5, 5.41) is 12.0. The van der Waals surface area contributed by atoms with Crippen LogP contribution in [0.15, 0.2) is 48.5 Å². The van der Waals surface area contributed by atoms with E-state index in [-0.39, 0.29) is 12.5 Å². The Morgan fingerprint density at radius 3 is 2.26 bits per heavy atom. The van der Waals surface area contributed by atoms with Gasteiger partial charge in [0.05, 0.1) is 0 Å². The zero-order chi connectivity index (χ0) is 22.2. The minimum atomic E-state index is -1.04. The molecule has 6 nitrogen and oxygen atoms in total. The van der Waals surface area contributed by atoms with Gasteiger partial charge < -0.3 is 20.1 Å². The summed E-state index contributed by atoms with van der Waals surface area (Å²) in [5.41, 5.74) is 4.56. The van der Waals surface area contributed by atoms with Crippen molar-refractivity contribution >= 4 is 23.8 Å². The zero-order valence-corrected chi connectivity index (χ0v) is 18.9. The highest BCUT2D eigenvalue weighted by molar-refractivity contribution is 7.99. The molecule has 0 aliphatic heterocycles. The van der Waals surface area contributed by atoms with Crippen molar-refractivity contribution in [2.45, 2.75) is 24.8 Å². The van der Waals surface area contributed by atoms with Gasteiger partial charge in [-0.05, 0) is 67.2 Å². The Morgan fingerprint density at radius 2 is 1.68 bits per heavy atom. The number of amides is 1. The van der Waals surface area contributed by atoms with E-state index < -0.39 is 18.1 Å². The first-order chi connectivity index (χ1) is 15.0. The maximum Gasteiger partial charge on any atom is 0.407 e. The number of carboxylic acids is 1. The summed E-state index contributed by atoms with van der Waals surface area (Å²) < 4.78 is 5.47. The average Bonchev–Trinajstić information content (AvgIpc) is 3.07. The predicted octanol–water partition coefficient (Wildman–Crippen LogP) is 4.05. The summed E-state index contributed by atoms with van der Waals surface area (Å²) >= 11 is 1.70. The zero-order valence-electron chi connectivity index (χ0n) is 18.0. The molecule has 0 heterocycles. The fraction of sp³-hybridized carbons (Fsp3) is 0.417. The summed E-state index contributed by atoms with van der Waals surface area (Å²) in [6.07, 6.45) is 0.730. The van der Waals surface area contributed by atoms with Gasteiger partial charge in [0.2, 0.25) is 0 Å². The summed E-state index contributed by atoms with van der Waals surface area (Å²) in [6, 6.07) is 15.3. The summed E-state index contributed by atoms with van der Waals surface area (Å²) in [5.74, 6) is 0.555. The lowest BCUT2D eigenvalue weighted by Crippen LogP contribution is -2.41. The van der Waals surface area contributed by atoms with Crippen LogP contribution in [0, 0.1) is 0 Å². The van der Waals surface area contributed by atoms with Crippen molar-refractivity contribution in [3.05, 3.63) is 59.7 Å². The molecule has 0 saturated carbocycles. The first-order valence-corrected chi connectivity index (χ1v) is 11.7. The van der Waals surface area contributed by atoms with Gasteiger partial charge in [-0.3, -0.25) is 0 Å². The quantitative estimate of drug-likeness (QED) is 0.511. The lowest BCUT2D eigenvalue weighted by atomic mass is 9.98. The average molecular weight is 443 g/mol. The summed E-state index contributed by atoms with van der Waals surface area (Å²) in [6.45, 7) is 1.18. The second kappa shape index (κ2) is 11.2. The van der Waals surface area contributed by atoms with E-state index in [1.54, 1.807) is 11.8 Å². The Bertz CT molecular complexity index is 857. The third kappa shape index (κ3) is 6.24. The van der Waals surface area contributed by atoms with Crippen LogP contribution >= 0.6 is 11.8 Å². The molecule has 31 heavy (non-hydrogen) atoms. The van der Waals surface area contributed by atoms with Gasteiger partial charge in [-0.15, -0.1) is 0 Å². The Labute approximate surface area is 188 Å². The Morgan fingerprint density at radius 1 is 1.06 bits per heavy atom. The molecule has 1 atom stereocenters. The number of fused-ring (bicyclic) bond motifs is 3. The third-order valence-electron chi connectivity index (χ3n) is 5.38. The molecule has 1 aliphatic carbocycles. The maximum absolute atomic E-state index is 12.3. The lowest BCUT2D eigenvalue weighted by Gasteiger charge is -2.17. The van der Waals surface area contributed by atoms with Gasteiger partial charge in [0, 0.05) is 5.92 Å². The molecule has 0 radical (unpaired) electrons. The van der Waals surface area contributed by atoms with Crippen molar-refractivity contribution in [1.82, 2.24) is 10.2 Å². The van der Waals surface area contributed by atoms with E-state index in [2.05, 4.69) is 34.5 Å². The van der Waals surface area contributed by atoms with Crippen molar-refractivity contribution in [1.29, 1.82) is 0 Å². The van der Waals surface area contributed by atoms with Crippen LogP contribution in [0.2, 0.25) is 0 Å². The molecule has 166 valence electrons. The molecule has 1 amide bonds. The van der Waals surface area contributed by atoms with Crippen LogP contribution in [0.1, 0.15) is 29.9 Å². The normalized spacial score (nSPS) is 13.5. The standard InChI is InChI=1S/C24H30N2O4S/c1-26(2)13-7-14-31-15-12-22(23(27)28)25-24(29)30-16-21-19-10-5-3-8-17(19)18-9-4-6-11-20(18)21/h3-6,8-11,21-22H,7,12-16H2,1-2H3,(H,25,29)(H,27,28). The van der Waals surface area contributed by atoms with Gasteiger partial charge in [0.15, 0.2) is 0 Å². The van der Waals surface area contributed by atoms with Crippen molar-refractivity contribution in [3.8, 4) is 11.1 Å². The number of benzene rings is 2. The van der Waals surface area contributed by atoms with Gasteiger partial charge in [0.1, 0.15) is 12.6 Å². The van der Waals surface area contributed by atoms with Gasteiger partial charge in [-0.25, -0.2) is 9.59 Å². The van der Waals surface area contributed by atoms with E-state index in [1.807, 2.05) is 38.4 Å². The first-order valence-electron chi connectivity index (χ1n) is 10.5. The van der Waals surface area contributed by atoms with Crippen molar-refractivity contribution < 1.29 is 19.4 Å². The fourth-order valence-corrected chi connectivity index (χ4v) is 4.77. The number of carbonyl (C=O) groups excluding carboxylic acids is 1.